The summed E-state index contributed by atoms with van der Waals surface area (Å²) >= 11 is 12.4. The van der Waals surface area contributed by atoms with E-state index in [4.69, 9.17) is 27.9 Å². The molecule has 1 aliphatic rings. The highest BCUT2D eigenvalue weighted by Crippen LogP contribution is 2.33. The van der Waals surface area contributed by atoms with Crippen molar-refractivity contribution in [2.45, 2.75) is 29.6 Å². The molecule has 3 aromatic carbocycles. The molecule has 1 heterocycles. The maximum atomic E-state index is 13.5. The van der Waals surface area contributed by atoms with Gasteiger partial charge in [0.15, 0.2) is 0 Å². The molecular weight excluding hydrogens is 597 g/mol. The molecule has 1 saturated heterocycles. The number of nitrogens with zero attached hydrogens (tertiary/aromatic N) is 2. The highest BCUT2D eigenvalue weighted by atomic mass is 35.5. The van der Waals surface area contributed by atoms with E-state index in [1.807, 2.05) is 6.92 Å². The third kappa shape index (κ3) is 7.08. The van der Waals surface area contributed by atoms with E-state index in [0.717, 1.165) is 22.7 Å². The zero-order valence-corrected chi connectivity index (χ0v) is 24.9. The van der Waals surface area contributed by atoms with Crippen LogP contribution in [0.3, 0.4) is 0 Å². The van der Waals surface area contributed by atoms with Crippen molar-refractivity contribution in [3.8, 4) is 5.75 Å². The summed E-state index contributed by atoms with van der Waals surface area (Å²) in [6, 6.07) is 16.7. The first-order valence-electron chi connectivity index (χ1n) is 12.5. The number of nitrogens with one attached hydrogen (secondary N) is 1. The molecule has 4 rings (SSSR count). The largest absolute Gasteiger partial charge is 0.492 e. The molecular formula is C27H29Cl2N3O6S2. The van der Waals surface area contributed by atoms with Crippen LogP contribution in [0.2, 0.25) is 10.0 Å². The summed E-state index contributed by atoms with van der Waals surface area (Å²) in [6.07, 6.45) is 1.71. The summed E-state index contributed by atoms with van der Waals surface area (Å²) in [7, 11) is -7.67. The molecule has 1 fully saturated rings. The summed E-state index contributed by atoms with van der Waals surface area (Å²) in [4.78, 5) is 13.0. The van der Waals surface area contributed by atoms with Crippen molar-refractivity contribution >= 4 is 54.8 Å². The van der Waals surface area contributed by atoms with Gasteiger partial charge < -0.3 is 10.1 Å². The third-order valence-electron chi connectivity index (χ3n) is 6.29. The molecule has 13 heteroatoms. The standard InChI is InChI=1S/C27H29Cl2N3O6S2/c1-20-4-9-24(10-5-20)40(36,37)32(26-18-21(28)6-13-25(26)29)19-27(33)30-14-17-38-22-7-11-23(12-8-22)39(34,35)31-15-2-3-16-31/h4-13,18H,2-3,14-17,19H2,1H3,(H,30,33). The first-order valence-corrected chi connectivity index (χ1v) is 16.2. The molecule has 9 nitrogen and oxygen atoms in total. The zero-order valence-electron chi connectivity index (χ0n) is 21.7. The number of aryl methyl sites for hydroxylation is 1. The van der Waals surface area contributed by atoms with E-state index in [1.165, 1.54) is 46.8 Å². The summed E-state index contributed by atoms with van der Waals surface area (Å²) in [5.74, 6) is -0.147. The van der Waals surface area contributed by atoms with Gasteiger partial charge in [-0.25, -0.2) is 16.8 Å². The van der Waals surface area contributed by atoms with Crippen molar-refractivity contribution in [2.75, 3.05) is 37.1 Å². The van der Waals surface area contributed by atoms with Crippen molar-refractivity contribution in [1.29, 1.82) is 0 Å². The van der Waals surface area contributed by atoms with Crippen LogP contribution in [0, 0.1) is 6.92 Å². The van der Waals surface area contributed by atoms with Crippen LogP contribution in [-0.4, -0.2) is 59.8 Å². The minimum Gasteiger partial charge on any atom is -0.492 e. The van der Waals surface area contributed by atoms with Crippen LogP contribution >= 0.6 is 23.2 Å². The summed E-state index contributed by atoms with van der Waals surface area (Å²) in [5, 5.41) is 3.02. The molecule has 1 N–H and O–H groups in total. The second-order valence-corrected chi connectivity index (χ2v) is 13.8. The second kappa shape index (κ2) is 12.8. The number of halogens is 2. The molecule has 0 bridgehead atoms. The summed E-state index contributed by atoms with van der Waals surface area (Å²) < 4.78 is 60.4. The number of hydrogen-bond donors (Lipinski definition) is 1. The smallest absolute Gasteiger partial charge is 0.264 e. The number of benzene rings is 3. The Balaban J connectivity index is 1.39. The van der Waals surface area contributed by atoms with Gasteiger partial charge in [-0.1, -0.05) is 40.9 Å². The molecule has 0 aromatic heterocycles. The Labute approximate surface area is 244 Å². The molecule has 0 radical (unpaired) electrons. The van der Waals surface area contributed by atoms with E-state index in [9.17, 15) is 21.6 Å². The van der Waals surface area contributed by atoms with Crippen LogP contribution in [-0.2, 0) is 24.8 Å². The molecule has 1 aliphatic heterocycles. The van der Waals surface area contributed by atoms with E-state index >= 15 is 0 Å². The normalized spacial score (nSPS) is 14.2. The van der Waals surface area contributed by atoms with Crippen LogP contribution in [0.15, 0.2) is 76.5 Å². The molecule has 0 unspecified atom stereocenters. The molecule has 0 saturated carbocycles. The second-order valence-electron chi connectivity index (χ2n) is 9.20. The van der Waals surface area contributed by atoms with Crippen molar-refractivity contribution in [3.05, 3.63) is 82.3 Å². The maximum Gasteiger partial charge on any atom is 0.264 e. The highest BCUT2D eigenvalue weighted by molar-refractivity contribution is 7.93. The number of ether oxygens (including phenoxy) is 1. The van der Waals surface area contributed by atoms with Crippen molar-refractivity contribution in [2.24, 2.45) is 0 Å². The average molecular weight is 627 g/mol. The van der Waals surface area contributed by atoms with Crippen LogP contribution in [0.25, 0.3) is 0 Å². The van der Waals surface area contributed by atoms with Gasteiger partial charge in [0.25, 0.3) is 10.0 Å². The monoisotopic (exact) mass is 625 g/mol. The molecule has 214 valence electrons. The SMILES string of the molecule is Cc1ccc(S(=O)(=O)N(CC(=O)NCCOc2ccc(S(=O)(=O)N3CCCC3)cc2)c2cc(Cl)ccc2Cl)cc1. The van der Waals surface area contributed by atoms with Gasteiger partial charge in [-0.15, -0.1) is 0 Å². The zero-order chi connectivity index (χ0) is 28.9. The van der Waals surface area contributed by atoms with Gasteiger partial charge in [-0.2, -0.15) is 4.31 Å². The van der Waals surface area contributed by atoms with Gasteiger partial charge in [0.1, 0.15) is 18.9 Å². The van der Waals surface area contributed by atoms with Gasteiger partial charge in [-0.3, -0.25) is 9.10 Å². The number of carbonyl (C=O) groups excluding carboxylic acids is 1. The van der Waals surface area contributed by atoms with Crippen molar-refractivity contribution in [3.63, 3.8) is 0 Å². The van der Waals surface area contributed by atoms with Crippen LogP contribution in [0.5, 0.6) is 5.75 Å². The number of carbonyl (C=O) groups is 1. The topological polar surface area (TPSA) is 113 Å². The Morgan fingerprint density at radius 3 is 2.20 bits per heavy atom. The molecule has 1 amide bonds. The molecule has 40 heavy (non-hydrogen) atoms. The van der Waals surface area contributed by atoms with Gasteiger partial charge >= 0.3 is 0 Å². The fourth-order valence-electron chi connectivity index (χ4n) is 4.15. The van der Waals surface area contributed by atoms with Crippen LogP contribution < -0.4 is 14.4 Å². The first-order chi connectivity index (χ1) is 19.0. The Bertz CT molecular complexity index is 1560. The summed E-state index contributed by atoms with van der Waals surface area (Å²) in [6.45, 7) is 2.49. The minimum atomic E-state index is -4.16. The van der Waals surface area contributed by atoms with E-state index in [2.05, 4.69) is 5.32 Å². The van der Waals surface area contributed by atoms with Crippen LogP contribution in [0.1, 0.15) is 18.4 Å². The Morgan fingerprint density at radius 1 is 0.925 bits per heavy atom. The van der Waals surface area contributed by atoms with Gasteiger partial charge in [-0.05, 0) is 74.4 Å². The van der Waals surface area contributed by atoms with Gasteiger partial charge in [0, 0.05) is 18.1 Å². The fraction of sp³-hybridized carbons (Fsp3) is 0.296. The van der Waals surface area contributed by atoms with Gasteiger partial charge in [0.05, 0.1) is 27.0 Å². The van der Waals surface area contributed by atoms with E-state index in [0.29, 0.717) is 18.8 Å². The number of sulfonamides is 2. The lowest BCUT2D eigenvalue weighted by molar-refractivity contribution is -0.119. The fourth-order valence-corrected chi connectivity index (χ4v) is 7.53. The summed E-state index contributed by atoms with van der Waals surface area (Å²) in [5.41, 5.74) is 0.956. The van der Waals surface area contributed by atoms with Crippen molar-refractivity contribution < 1.29 is 26.4 Å². The molecule has 0 atom stereocenters. The number of hydrogen-bond acceptors (Lipinski definition) is 6. The average Bonchev–Trinajstić information content (AvgIpc) is 3.48. The van der Waals surface area contributed by atoms with Crippen molar-refractivity contribution in [1.82, 2.24) is 9.62 Å². The van der Waals surface area contributed by atoms with Gasteiger partial charge in [0.2, 0.25) is 15.9 Å². The highest BCUT2D eigenvalue weighted by Gasteiger charge is 2.29. The van der Waals surface area contributed by atoms with E-state index in [-0.39, 0.29) is 38.7 Å². The molecule has 0 aliphatic carbocycles. The molecule has 3 aromatic rings. The lowest BCUT2D eigenvalue weighted by Gasteiger charge is -2.25. The number of rotatable bonds is 11. The lowest BCUT2D eigenvalue weighted by Crippen LogP contribution is -2.42. The lowest BCUT2D eigenvalue weighted by atomic mass is 10.2. The predicted octanol–water partition coefficient (Wildman–Crippen LogP) is 4.48. The predicted molar refractivity (Wildman–Crippen MR) is 155 cm³/mol. The Hall–Kier alpha value is -2.83. The Morgan fingerprint density at radius 2 is 1.55 bits per heavy atom. The number of anilines is 1. The number of amides is 1. The van der Waals surface area contributed by atoms with E-state index in [1.54, 1.807) is 24.3 Å². The Kier molecular flexibility index (Phi) is 9.63. The third-order valence-corrected chi connectivity index (χ3v) is 10.5. The van der Waals surface area contributed by atoms with Crippen LogP contribution in [0.4, 0.5) is 5.69 Å². The first kappa shape index (κ1) is 30.1. The van der Waals surface area contributed by atoms with E-state index < -0.39 is 32.5 Å². The maximum absolute atomic E-state index is 13.5. The quantitative estimate of drug-likeness (QED) is 0.314. The molecule has 0 spiro atoms. The minimum absolute atomic E-state index is 0.000433.